The van der Waals surface area contributed by atoms with Crippen LogP contribution in [-0.2, 0) is 4.79 Å². The maximum Gasteiger partial charge on any atom is 0.251 e. The third kappa shape index (κ3) is 4.35. The molecule has 0 spiro atoms. The van der Waals surface area contributed by atoms with Gasteiger partial charge < -0.3 is 15.5 Å². The standard InChI is InChI=1S/C19H27N3O2/c23-18(14-21-19(24)15-7-2-1-3-8-15)20-13-16-9-6-12-22-11-5-4-10-17(16)22/h1-3,7-8,16-17H,4-6,9-14H2,(H,20,23)(H,21,24)/t16-,17-/m0/s1. The maximum atomic E-state index is 12.0. The molecule has 1 aromatic rings. The van der Waals surface area contributed by atoms with Gasteiger partial charge in [-0.05, 0) is 56.8 Å². The lowest BCUT2D eigenvalue weighted by Gasteiger charge is -2.44. The monoisotopic (exact) mass is 329 g/mol. The zero-order valence-corrected chi connectivity index (χ0v) is 14.2. The SMILES string of the molecule is O=C(CNC(=O)c1ccccc1)NC[C@@H]1CCCN2CCCC[C@@H]12. The predicted molar refractivity (Wildman–Crippen MR) is 93.7 cm³/mol. The van der Waals surface area contributed by atoms with Crippen LogP contribution in [0.3, 0.4) is 0 Å². The number of nitrogens with zero attached hydrogens (tertiary/aromatic N) is 1. The number of carbonyl (C=O) groups is 2. The summed E-state index contributed by atoms with van der Waals surface area (Å²) in [6, 6.07) is 9.61. The molecule has 0 radical (unpaired) electrons. The van der Waals surface area contributed by atoms with Crippen LogP contribution in [0.5, 0.6) is 0 Å². The molecule has 2 atom stereocenters. The molecule has 130 valence electrons. The van der Waals surface area contributed by atoms with Gasteiger partial charge in [-0.15, -0.1) is 0 Å². The normalized spacial score (nSPS) is 24.0. The molecule has 0 unspecified atom stereocenters. The van der Waals surface area contributed by atoms with Gasteiger partial charge in [0.2, 0.25) is 5.91 Å². The van der Waals surface area contributed by atoms with E-state index < -0.39 is 0 Å². The van der Waals surface area contributed by atoms with E-state index in [1.54, 1.807) is 12.1 Å². The molecule has 5 heteroatoms. The highest BCUT2D eigenvalue weighted by Gasteiger charge is 2.32. The van der Waals surface area contributed by atoms with Gasteiger partial charge in [-0.2, -0.15) is 0 Å². The minimum Gasteiger partial charge on any atom is -0.354 e. The van der Waals surface area contributed by atoms with Crippen molar-refractivity contribution < 1.29 is 9.59 Å². The Bertz CT molecular complexity index is 559. The number of benzene rings is 1. The van der Waals surface area contributed by atoms with Crippen molar-refractivity contribution in [3.8, 4) is 0 Å². The fourth-order valence-corrected chi connectivity index (χ4v) is 3.97. The molecule has 0 bridgehead atoms. The van der Waals surface area contributed by atoms with E-state index in [2.05, 4.69) is 15.5 Å². The Morgan fingerprint density at radius 2 is 1.79 bits per heavy atom. The first kappa shape index (κ1) is 17.0. The van der Waals surface area contributed by atoms with Gasteiger partial charge >= 0.3 is 0 Å². The van der Waals surface area contributed by atoms with E-state index in [1.165, 1.54) is 45.2 Å². The average Bonchev–Trinajstić information content (AvgIpc) is 2.65. The molecular weight excluding hydrogens is 302 g/mol. The van der Waals surface area contributed by atoms with Crippen LogP contribution < -0.4 is 10.6 Å². The van der Waals surface area contributed by atoms with Crippen LogP contribution in [0.4, 0.5) is 0 Å². The molecule has 5 nitrogen and oxygen atoms in total. The number of carbonyl (C=O) groups excluding carboxylic acids is 2. The predicted octanol–water partition coefficient (Wildman–Crippen LogP) is 1.80. The summed E-state index contributed by atoms with van der Waals surface area (Å²) < 4.78 is 0. The summed E-state index contributed by atoms with van der Waals surface area (Å²) in [5.41, 5.74) is 0.579. The van der Waals surface area contributed by atoms with Crippen molar-refractivity contribution in [1.29, 1.82) is 0 Å². The average molecular weight is 329 g/mol. The quantitative estimate of drug-likeness (QED) is 0.866. The second-order valence-electron chi connectivity index (χ2n) is 6.85. The van der Waals surface area contributed by atoms with Gasteiger partial charge in [-0.1, -0.05) is 24.6 Å². The van der Waals surface area contributed by atoms with Gasteiger partial charge in [-0.3, -0.25) is 9.59 Å². The van der Waals surface area contributed by atoms with E-state index in [0.717, 1.165) is 6.54 Å². The van der Waals surface area contributed by atoms with Gasteiger partial charge in [-0.25, -0.2) is 0 Å². The number of nitrogens with one attached hydrogen (secondary N) is 2. The molecule has 2 heterocycles. The smallest absolute Gasteiger partial charge is 0.251 e. The third-order valence-corrected chi connectivity index (χ3v) is 5.24. The number of fused-ring (bicyclic) bond motifs is 1. The van der Waals surface area contributed by atoms with Crippen molar-refractivity contribution in [2.75, 3.05) is 26.2 Å². The second-order valence-corrected chi connectivity index (χ2v) is 6.85. The molecule has 0 aromatic heterocycles. The summed E-state index contributed by atoms with van der Waals surface area (Å²) in [4.78, 5) is 26.6. The lowest BCUT2D eigenvalue weighted by molar-refractivity contribution is -0.120. The van der Waals surface area contributed by atoms with Crippen molar-refractivity contribution >= 4 is 11.8 Å². The number of hydrogen-bond acceptors (Lipinski definition) is 3. The summed E-state index contributed by atoms with van der Waals surface area (Å²) >= 11 is 0. The Morgan fingerprint density at radius 3 is 2.62 bits per heavy atom. The zero-order chi connectivity index (χ0) is 16.8. The van der Waals surface area contributed by atoms with E-state index in [1.807, 2.05) is 18.2 Å². The number of piperidine rings is 2. The molecule has 2 aliphatic heterocycles. The molecular formula is C19H27N3O2. The Kier molecular flexibility index (Phi) is 5.86. The Labute approximate surface area is 143 Å². The minimum atomic E-state index is -0.207. The summed E-state index contributed by atoms with van der Waals surface area (Å²) in [6.07, 6.45) is 6.28. The molecule has 24 heavy (non-hydrogen) atoms. The number of amides is 2. The first-order valence-electron chi connectivity index (χ1n) is 9.08. The lowest BCUT2D eigenvalue weighted by atomic mass is 9.83. The van der Waals surface area contributed by atoms with Gasteiger partial charge in [0, 0.05) is 18.2 Å². The molecule has 2 aliphatic rings. The van der Waals surface area contributed by atoms with Crippen LogP contribution in [-0.4, -0.2) is 48.9 Å². The van der Waals surface area contributed by atoms with E-state index in [-0.39, 0.29) is 18.4 Å². The largest absolute Gasteiger partial charge is 0.354 e. The first-order chi connectivity index (χ1) is 11.7. The van der Waals surface area contributed by atoms with Crippen molar-refractivity contribution in [2.24, 2.45) is 5.92 Å². The molecule has 0 aliphatic carbocycles. The van der Waals surface area contributed by atoms with E-state index in [4.69, 9.17) is 0 Å². The van der Waals surface area contributed by atoms with Gasteiger partial charge in [0.05, 0.1) is 6.54 Å². The Balaban J connectivity index is 1.41. The minimum absolute atomic E-state index is 0.0365. The fourth-order valence-electron chi connectivity index (χ4n) is 3.97. The fraction of sp³-hybridized carbons (Fsp3) is 0.579. The number of hydrogen-bond donors (Lipinski definition) is 2. The Morgan fingerprint density at radius 1 is 1.00 bits per heavy atom. The second kappa shape index (κ2) is 8.29. The van der Waals surface area contributed by atoms with Crippen molar-refractivity contribution in [3.05, 3.63) is 35.9 Å². The van der Waals surface area contributed by atoms with Crippen molar-refractivity contribution in [3.63, 3.8) is 0 Å². The third-order valence-electron chi connectivity index (χ3n) is 5.24. The van der Waals surface area contributed by atoms with Gasteiger partial charge in [0.25, 0.3) is 5.91 Å². The molecule has 2 fully saturated rings. The van der Waals surface area contributed by atoms with Crippen LogP contribution in [0.2, 0.25) is 0 Å². The molecule has 0 saturated carbocycles. The van der Waals surface area contributed by atoms with Crippen LogP contribution in [0.25, 0.3) is 0 Å². The van der Waals surface area contributed by atoms with E-state index >= 15 is 0 Å². The van der Waals surface area contributed by atoms with Crippen molar-refractivity contribution in [2.45, 2.75) is 38.1 Å². The van der Waals surface area contributed by atoms with E-state index in [0.29, 0.717) is 17.5 Å². The number of rotatable bonds is 5. The van der Waals surface area contributed by atoms with Crippen LogP contribution >= 0.6 is 0 Å². The highest BCUT2D eigenvalue weighted by atomic mass is 16.2. The summed E-state index contributed by atoms with van der Waals surface area (Å²) in [6.45, 7) is 3.18. The van der Waals surface area contributed by atoms with Crippen LogP contribution in [0.15, 0.2) is 30.3 Å². The molecule has 1 aromatic carbocycles. The highest BCUT2D eigenvalue weighted by molar-refractivity contribution is 5.96. The topological polar surface area (TPSA) is 61.4 Å². The summed E-state index contributed by atoms with van der Waals surface area (Å²) in [7, 11) is 0. The zero-order valence-electron chi connectivity index (χ0n) is 14.2. The van der Waals surface area contributed by atoms with Gasteiger partial charge in [0.1, 0.15) is 0 Å². The lowest BCUT2D eigenvalue weighted by Crippen LogP contribution is -2.51. The van der Waals surface area contributed by atoms with Crippen molar-refractivity contribution in [1.82, 2.24) is 15.5 Å². The highest BCUT2D eigenvalue weighted by Crippen LogP contribution is 2.30. The molecule has 3 rings (SSSR count). The maximum absolute atomic E-state index is 12.0. The summed E-state index contributed by atoms with van der Waals surface area (Å²) in [5.74, 6) is 0.238. The van der Waals surface area contributed by atoms with Gasteiger partial charge in [0.15, 0.2) is 0 Å². The molecule has 2 saturated heterocycles. The van der Waals surface area contributed by atoms with E-state index in [9.17, 15) is 9.59 Å². The Hall–Kier alpha value is -1.88. The van der Waals surface area contributed by atoms with Crippen LogP contribution in [0.1, 0.15) is 42.5 Å². The summed E-state index contributed by atoms with van der Waals surface area (Å²) in [5, 5.41) is 5.69. The van der Waals surface area contributed by atoms with Crippen LogP contribution in [0, 0.1) is 5.92 Å². The first-order valence-corrected chi connectivity index (χ1v) is 9.08. The molecule has 2 amide bonds. The molecule has 2 N–H and O–H groups in total.